The molecule has 0 aliphatic carbocycles. The Kier molecular flexibility index (Phi) is 4.41. The summed E-state index contributed by atoms with van der Waals surface area (Å²) in [5.74, 6) is 0.579. The van der Waals surface area contributed by atoms with Crippen LogP contribution in [0.4, 0.5) is 0 Å². The van der Waals surface area contributed by atoms with Gasteiger partial charge in [0.05, 0.1) is 14.2 Å². The molecule has 8 heteroatoms. The van der Waals surface area contributed by atoms with E-state index in [2.05, 4.69) is 10.1 Å². The summed E-state index contributed by atoms with van der Waals surface area (Å²) in [5.41, 5.74) is 0.588. The Balaban J connectivity index is 2.11. The molecule has 0 N–H and O–H groups in total. The number of hydrogen-bond donors (Lipinski definition) is 0. The zero-order valence-electron chi connectivity index (χ0n) is 14.0. The minimum atomic E-state index is -1.15. The number of rotatable bonds is 7. The predicted octanol–water partition coefficient (Wildman–Crippen LogP) is 2.19. The van der Waals surface area contributed by atoms with E-state index in [0.29, 0.717) is 22.8 Å². The Bertz CT molecular complexity index is 809. The summed E-state index contributed by atoms with van der Waals surface area (Å²) in [7, 11) is 6.27. The zero-order chi connectivity index (χ0) is 17.2. The van der Waals surface area contributed by atoms with Crippen LogP contribution in [0.25, 0.3) is 11.0 Å². The van der Waals surface area contributed by atoms with Crippen LogP contribution in [0, 0.1) is 0 Å². The van der Waals surface area contributed by atoms with Gasteiger partial charge in [0.1, 0.15) is 24.9 Å². The van der Waals surface area contributed by atoms with Gasteiger partial charge in [0, 0.05) is 25.7 Å². The van der Waals surface area contributed by atoms with E-state index in [1.165, 1.54) is 6.33 Å². The van der Waals surface area contributed by atoms with Crippen LogP contribution >= 0.6 is 0 Å². The van der Waals surface area contributed by atoms with Gasteiger partial charge in [-0.25, -0.2) is 9.67 Å². The first-order valence-corrected chi connectivity index (χ1v) is 7.24. The molecule has 0 saturated heterocycles. The Labute approximate surface area is 138 Å². The lowest BCUT2D eigenvalue weighted by Crippen LogP contribution is -2.35. The maximum atomic E-state index is 5.99. The number of hydrogen-bond acceptors (Lipinski definition) is 7. The van der Waals surface area contributed by atoms with Gasteiger partial charge in [0.15, 0.2) is 17.1 Å². The van der Waals surface area contributed by atoms with E-state index in [-0.39, 0.29) is 6.54 Å². The third-order valence-electron chi connectivity index (χ3n) is 3.88. The van der Waals surface area contributed by atoms with Crippen molar-refractivity contribution in [3.63, 3.8) is 0 Å². The molecular formula is C16H19N3O5. The molecule has 0 unspecified atom stereocenters. The standard InChI is InChI=1S/C16H19N3O5/c1-20-12-5-11-6-14(24-15(11)13(7-12)21-2)16(22-3,23-4)8-19-10-17-9-18-19/h5-7,9-10H,8H2,1-4H3. The van der Waals surface area contributed by atoms with E-state index in [1.54, 1.807) is 45.5 Å². The Morgan fingerprint density at radius 1 is 1.08 bits per heavy atom. The van der Waals surface area contributed by atoms with Gasteiger partial charge in [-0.2, -0.15) is 5.10 Å². The van der Waals surface area contributed by atoms with Crippen LogP contribution in [-0.4, -0.2) is 43.2 Å². The van der Waals surface area contributed by atoms with E-state index >= 15 is 0 Å². The molecule has 0 saturated carbocycles. The summed E-state index contributed by atoms with van der Waals surface area (Å²) in [4.78, 5) is 3.94. The quantitative estimate of drug-likeness (QED) is 0.613. The zero-order valence-corrected chi connectivity index (χ0v) is 14.0. The fourth-order valence-corrected chi connectivity index (χ4v) is 2.57. The van der Waals surface area contributed by atoms with Crippen LogP contribution in [0.15, 0.2) is 35.3 Å². The van der Waals surface area contributed by atoms with Crippen molar-refractivity contribution < 1.29 is 23.4 Å². The van der Waals surface area contributed by atoms with E-state index in [9.17, 15) is 0 Å². The van der Waals surface area contributed by atoms with Crippen molar-refractivity contribution in [3.8, 4) is 11.5 Å². The molecule has 3 rings (SSSR count). The lowest BCUT2D eigenvalue weighted by molar-refractivity contribution is -0.236. The topological polar surface area (TPSA) is 80.8 Å². The Hall–Kier alpha value is -2.58. The van der Waals surface area contributed by atoms with Gasteiger partial charge in [0.25, 0.3) is 0 Å². The minimum Gasteiger partial charge on any atom is -0.497 e. The van der Waals surface area contributed by atoms with E-state index in [0.717, 1.165) is 5.39 Å². The second kappa shape index (κ2) is 6.50. The van der Waals surface area contributed by atoms with Gasteiger partial charge in [-0.3, -0.25) is 0 Å². The van der Waals surface area contributed by atoms with Gasteiger partial charge in [-0.05, 0) is 12.1 Å². The molecule has 2 heterocycles. The molecule has 2 aromatic heterocycles. The average molecular weight is 333 g/mol. The number of nitrogens with zero attached hydrogens (tertiary/aromatic N) is 3. The molecule has 0 aliphatic rings. The highest BCUT2D eigenvalue weighted by Crippen LogP contribution is 2.38. The van der Waals surface area contributed by atoms with Crippen LogP contribution in [0.5, 0.6) is 11.5 Å². The van der Waals surface area contributed by atoms with Crippen LogP contribution in [-0.2, 0) is 21.8 Å². The number of furan rings is 1. The van der Waals surface area contributed by atoms with Gasteiger partial charge in [-0.1, -0.05) is 0 Å². The van der Waals surface area contributed by atoms with E-state index < -0.39 is 5.79 Å². The molecule has 24 heavy (non-hydrogen) atoms. The highest BCUT2D eigenvalue weighted by atomic mass is 16.7. The molecule has 0 bridgehead atoms. The summed E-state index contributed by atoms with van der Waals surface area (Å²) in [6.07, 6.45) is 3.03. The summed E-state index contributed by atoms with van der Waals surface area (Å²) in [6.45, 7) is 0.277. The number of ether oxygens (including phenoxy) is 4. The minimum absolute atomic E-state index is 0.277. The summed E-state index contributed by atoms with van der Waals surface area (Å²) in [5, 5.41) is 4.91. The molecule has 0 amide bonds. The third kappa shape index (κ3) is 2.70. The van der Waals surface area contributed by atoms with Gasteiger partial charge in [-0.15, -0.1) is 0 Å². The van der Waals surface area contributed by atoms with Gasteiger partial charge < -0.3 is 23.4 Å². The molecule has 1 aromatic carbocycles. The Morgan fingerprint density at radius 3 is 2.46 bits per heavy atom. The van der Waals surface area contributed by atoms with Crippen LogP contribution < -0.4 is 9.47 Å². The summed E-state index contributed by atoms with van der Waals surface area (Å²) in [6, 6.07) is 5.45. The van der Waals surface area contributed by atoms with Crippen molar-refractivity contribution in [1.82, 2.24) is 14.8 Å². The summed E-state index contributed by atoms with van der Waals surface area (Å²) >= 11 is 0. The molecular weight excluding hydrogens is 314 g/mol. The van der Waals surface area contributed by atoms with Crippen molar-refractivity contribution >= 4 is 11.0 Å². The first-order chi connectivity index (χ1) is 11.7. The van der Waals surface area contributed by atoms with Crippen molar-refractivity contribution in [3.05, 3.63) is 36.6 Å². The number of fused-ring (bicyclic) bond motifs is 1. The fourth-order valence-electron chi connectivity index (χ4n) is 2.57. The second-order valence-electron chi connectivity index (χ2n) is 5.11. The first-order valence-electron chi connectivity index (χ1n) is 7.24. The largest absolute Gasteiger partial charge is 0.497 e. The lowest BCUT2D eigenvalue weighted by atomic mass is 10.1. The predicted molar refractivity (Wildman–Crippen MR) is 85.0 cm³/mol. The van der Waals surface area contributed by atoms with Gasteiger partial charge in [0.2, 0.25) is 5.79 Å². The van der Waals surface area contributed by atoms with Crippen molar-refractivity contribution in [2.45, 2.75) is 12.3 Å². The Morgan fingerprint density at radius 2 is 1.88 bits per heavy atom. The maximum Gasteiger partial charge on any atom is 0.248 e. The average Bonchev–Trinajstić information content (AvgIpc) is 3.28. The van der Waals surface area contributed by atoms with Crippen molar-refractivity contribution in [1.29, 1.82) is 0 Å². The first kappa shape index (κ1) is 16.3. The smallest absolute Gasteiger partial charge is 0.248 e. The molecule has 0 spiro atoms. The molecule has 0 aliphatic heterocycles. The molecule has 0 radical (unpaired) electrons. The van der Waals surface area contributed by atoms with Crippen molar-refractivity contribution in [2.24, 2.45) is 0 Å². The van der Waals surface area contributed by atoms with Crippen LogP contribution in [0.2, 0.25) is 0 Å². The molecule has 8 nitrogen and oxygen atoms in total. The molecule has 3 aromatic rings. The maximum absolute atomic E-state index is 5.99. The van der Waals surface area contributed by atoms with Crippen LogP contribution in [0.3, 0.4) is 0 Å². The lowest BCUT2D eigenvalue weighted by Gasteiger charge is -2.28. The number of methoxy groups -OCH3 is 4. The number of benzene rings is 1. The third-order valence-corrected chi connectivity index (χ3v) is 3.88. The SMILES string of the molecule is COc1cc(OC)c2oc(C(Cn3cncn3)(OC)OC)cc2c1. The monoisotopic (exact) mass is 333 g/mol. The van der Waals surface area contributed by atoms with E-state index in [4.69, 9.17) is 23.4 Å². The van der Waals surface area contributed by atoms with E-state index in [1.807, 2.05) is 12.1 Å². The fraction of sp³-hybridized carbons (Fsp3) is 0.375. The highest BCUT2D eigenvalue weighted by Gasteiger charge is 2.37. The van der Waals surface area contributed by atoms with Crippen molar-refractivity contribution in [2.75, 3.05) is 28.4 Å². The normalized spacial score (nSPS) is 11.8. The molecule has 0 fully saturated rings. The molecule has 128 valence electrons. The molecule has 0 atom stereocenters. The highest BCUT2D eigenvalue weighted by molar-refractivity contribution is 5.85. The number of aromatic nitrogens is 3. The second-order valence-corrected chi connectivity index (χ2v) is 5.11. The summed E-state index contributed by atoms with van der Waals surface area (Å²) < 4.78 is 29.5. The van der Waals surface area contributed by atoms with Gasteiger partial charge >= 0.3 is 0 Å². The van der Waals surface area contributed by atoms with Crippen LogP contribution in [0.1, 0.15) is 5.76 Å².